The lowest BCUT2D eigenvalue weighted by Crippen LogP contribution is -2.42. The number of piperidine rings is 1. The minimum absolute atomic E-state index is 0.204. The number of carbonyl (C=O) groups excluding carboxylic acids is 2. The summed E-state index contributed by atoms with van der Waals surface area (Å²) in [5, 5.41) is 0. The van der Waals surface area contributed by atoms with Crippen LogP contribution in [0.2, 0.25) is 0 Å². The highest BCUT2D eigenvalue weighted by atomic mass is 16.5. The monoisotopic (exact) mass is 357 g/mol. The van der Waals surface area contributed by atoms with Crippen LogP contribution in [0.15, 0.2) is 46.9 Å². The van der Waals surface area contributed by atoms with Gasteiger partial charge in [0.05, 0.1) is 12.5 Å². The minimum atomic E-state index is -0.261. The lowest BCUT2D eigenvalue weighted by molar-refractivity contribution is -0.149. The molecule has 1 aromatic heterocycles. The summed E-state index contributed by atoms with van der Waals surface area (Å²) in [5.41, 5.74) is 0. The van der Waals surface area contributed by atoms with Gasteiger partial charge in [-0.2, -0.15) is 0 Å². The first-order valence-electron chi connectivity index (χ1n) is 8.90. The molecule has 0 spiro atoms. The van der Waals surface area contributed by atoms with Crippen molar-refractivity contribution in [3.8, 4) is 5.75 Å². The number of nitrogens with zero attached hydrogens (tertiary/aromatic N) is 1. The zero-order valence-electron chi connectivity index (χ0n) is 14.8. The largest absolute Gasteiger partial charge is 0.486 e. The maximum absolute atomic E-state index is 12.7. The zero-order chi connectivity index (χ0) is 18.4. The van der Waals surface area contributed by atoms with Crippen LogP contribution in [0.1, 0.15) is 36.1 Å². The Labute approximate surface area is 152 Å². The number of hydrogen-bond donors (Lipinski definition) is 0. The molecule has 1 aliphatic rings. The van der Waals surface area contributed by atoms with Gasteiger partial charge in [-0.25, -0.2) is 0 Å². The predicted molar refractivity (Wildman–Crippen MR) is 94.7 cm³/mol. The number of carbonyl (C=O) groups is 2. The van der Waals surface area contributed by atoms with E-state index in [0.29, 0.717) is 25.5 Å². The highest BCUT2D eigenvalue weighted by Gasteiger charge is 2.30. The number of para-hydroxylation sites is 1. The number of amides is 1. The first-order chi connectivity index (χ1) is 12.7. The highest BCUT2D eigenvalue weighted by Crippen LogP contribution is 2.21. The van der Waals surface area contributed by atoms with Gasteiger partial charge in [-0.15, -0.1) is 0 Å². The molecule has 0 aliphatic carbocycles. The van der Waals surface area contributed by atoms with E-state index in [4.69, 9.17) is 13.9 Å². The van der Waals surface area contributed by atoms with Crippen LogP contribution >= 0.6 is 0 Å². The lowest BCUT2D eigenvalue weighted by atomic mass is 9.98. The second-order valence-electron chi connectivity index (χ2n) is 6.21. The number of furan rings is 1. The normalized spacial score (nSPS) is 17.0. The number of likely N-dealkylation sites (tertiary alicyclic amines) is 1. The van der Waals surface area contributed by atoms with Crippen molar-refractivity contribution in [1.82, 2.24) is 4.90 Å². The summed E-state index contributed by atoms with van der Waals surface area (Å²) in [5.74, 6) is 0.886. The maximum atomic E-state index is 12.7. The third kappa shape index (κ3) is 4.45. The molecule has 1 aromatic carbocycles. The van der Waals surface area contributed by atoms with Crippen molar-refractivity contribution in [2.75, 3.05) is 19.7 Å². The van der Waals surface area contributed by atoms with E-state index in [1.165, 1.54) is 0 Å². The summed E-state index contributed by atoms with van der Waals surface area (Å²) in [6, 6.07) is 12.8. The Balaban J connectivity index is 1.58. The average molecular weight is 357 g/mol. The van der Waals surface area contributed by atoms with E-state index in [2.05, 4.69) is 0 Å². The fourth-order valence-corrected chi connectivity index (χ4v) is 3.01. The lowest BCUT2D eigenvalue weighted by Gasteiger charge is -2.30. The Morgan fingerprint density at radius 3 is 2.77 bits per heavy atom. The number of ether oxygens (including phenoxy) is 2. The van der Waals surface area contributed by atoms with Crippen molar-refractivity contribution in [3.05, 3.63) is 54.0 Å². The molecule has 1 aliphatic heterocycles. The molecule has 0 saturated carbocycles. The van der Waals surface area contributed by atoms with Gasteiger partial charge in [-0.1, -0.05) is 18.2 Å². The fourth-order valence-electron chi connectivity index (χ4n) is 3.01. The Bertz CT molecular complexity index is 740. The van der Waals surface area contributed by atoms with Gasteiger partial charge in [0, 0.05) is 13.1 Å². The minimum Gasteiger partial charge on any atom is -0.486 e. The van der Waals surface area contributed by atoms with Gasteiger partial charge in [0.1, 0.15) is 18.1 Å². The van der Waals surface area contributed by atoms with Crippen LogP contribution in [0.25, 0.3) is 0 Å². The number of benzene rings is 1. The van der Waals surface area contributed by atoms with Crippen LogP contribution in [0.3, 0.4) is 0 Å². The van der Waals surface area contributed by atoms with Crippen molar-refractivity contribution < 1.29 is 23.5 Å². The van der Waals surface area contributed by atoms with Crippen molar-refractivity contribution in [2.45, 2.75) is 26.4 Å². The Morgan fingerprint density at radius 1 is 1.19 bits per heavy atom. The second-order valence-corrected chi connectivity index (χ2v) is 6.21. The Hall–Kier alpha value is -2.76. The molecular weight excluding hydrogens is 334 g/mol. The quantitative estimate of drug-likeness (QED) is 0.742. The van der Waals surface area contributed by atoms with Gasteiger partial charge in [-0.3, -0.25) is 9.59 Å². The van der Waals surface area contributed by atoms with Crippen LogP contribution in [-0.4, -0.2) is 36.5 Å². The van der Waals surface area contributed by atoms with Crippen molar-refractivity contribution in [3.63, 3.8) is 0 Å². The highest BCUT2D eigenvalue weighted by molar-refractivity contribution is 5.92. The van der Waals surface area contributed by atoms with Gasteiger partial charge in [-0.05, 0) is 44.0 Å². The molecule has 6 heteroatoms. The van der Waals surface area contributed by atoms with Gasteiger partial charge in [0.25, 0.3) is 5.91 Å². The van der Waals surface area contributed by atoms with Crippen molar-refractivity contribution in [2.24, 2.45) is 5.92 Å². The zero-order valence-corrected chi connectivity index (χ0v) is 14.8. The molecule has 6 nitrogen and oxygen atoms in total. The van der Waals surface area contributed by atoms with E-state index in [-0.39, 0.29) is 30.2 Å². The Kier molecular flexibility index (Phi) is 5.94. The molecule has 0 bridgehead atoms. The summed E-state index contributed by atoms with van der Waals surface area (Å²) in [4.78, 5) is 26.2. The van der Waals surface area contributed by atoms with Gasteiger partial charge in [0.2, 0.25) is 0 Å². The summed E-state index contributed by atoms with van der Waals surface area (Å²) < 4.78 is 16.3. The summed E-state index contributed by atoms with van der Waals surface area (Å²) in [6.45, 7) is 3.38. The van der Waals surface area contributed by atoms with Crippen LogP contribution in [0.5, 0.6) is 5.75 Å². The third-order valence-electron chi connectivity index (χ3n) is 4.33. The van der Waals surface area contributed by atoms with Gasteiger partial charge in [0.15, 0.2) is 5.76 Å². The molecule has 0 radical (unpaired) electrons. The molecule has 1 unspecified atom stereocenters. The first-order valence-corrected chi connectivity index (χ1v) is 8.90. The standard InChI is InChI=1S/C20H23NO5/c1-2-24-20(23)15-7-6-12-21(13-15)19(22)18-11-10-17(26-18)14-25-16-8-4-3-5-9-16/h3-5,8-11,15H,2,6-7,12-14H2,1H3. The van der Waals surface area contributed by atoms with E-state index in [9.17, 15) is 9.59 Å². The van der Waals surface area contributed by atoms with Gasteiger partial charge >= 0.3 is 5.97 Å². The average Bonchev–Trinajstić information content (AvgIpc) is 3.16. The predicted octanol–water partition coefficient (Wildman–Crippen LogP) is 3.27. The SMILES string of the molecule is CCOC(=O)C1CCCN(C(=O)c2ccc(COc3ccccc3)o2)C1. The first kappa shape index (κ1) is 18.0. The van der Waals surface area contributed by atoms with E-state index < -0.39 is 0 Å². The number of rotatable bonds is 6. The summed E-state index contributed by atoms with van der Waals surface area (Å²) in [6.07, 6.45) is 1.52. The molecule has 0 N–H and O–H groups in total. The molecule has 2 heterocycles. The topological polar surface area (TPSA) is 69.0 Å². The van der Waals surface area contributed by atoms with E-state index in [1.807, 2.05) is 30.3 Å². The fraction of sp³-hybridized carbons (Fsp3) is 0.400. The molecule has 138 valence electrons. The van der Waals surface area contributed by atoms with E-state index in [1.54, 1.807) is 24.0 Å². The van der Waals surface area contributed by atoms with Crippen LogP contribution in [0, 0.1) is 5.92 Å². The number of hydrogen-bond acceptors (Lipinski definition) is 5. The van der Waals surface area contributed by atoms with Crippen LogP contribution < -0.4 is 4.74 Å². The molecular formula is C20H23NO5. The molecule has 1 saturated heterocycles. The molecule has 3 rings (SSSR count). The molecule has 1 amide bonds. The van der Waals surface area contributed by atoms with Gasteiger partial charge < -0.3 is 18.8 Å². The van der Waals surface area contributed by atoms with E-state index in [0.717, 1.165) is 18.6 Å². The summed E-state index contributed by atoms with van der Waals surface area (Å²) >= 11 is 0. The third-order valence-corrected chi connectivity index (χ3v) is 4.33. The molecule has 2 aromatic rings. The van der Waals surface area contributed by atoms with Crippen molar-refractivity contribution >= 4 is 11.9 Å². The molecule has 26 heavy (non-hydrogen) atoms. The second kappa shape index (κ2) is 8.56. The molecule has 1 atom stereocenters. The van der Waals surface area contributed by atoms with Crippen LogP contribution in [-0.2, 0) is 16.1 Å². The Morgan fingerprint density at radius 2 is 2.00 bits per heavy atom. The van der Waals surface area contributed by atoms with Crippen molar-refractivity contribution in [1.29, 1.82) is 0 Å². The smallest absolute Gasteiger partial charge is 0.310 e. The van der Waals surface area contributed by atoms with Crippen LogP contribution in [0.4, 0.5) is 0 Å². The molecule has 1 fully saturated rings. The maximum Gasteiger partial charge on any atom is 0.310 e. The number of esters is 1. The summed E-state index contributed by atoms with van der Waals surface area (Å²) in [7, 11) is 0. The van der Waals surface area contributed by atoms with E-state index >= 15 is 0 Å².